The Morgan fingerprint density at radius 1 is 1.04 bits per heavy atom. The summed E-state index contributed by atoms with van der Waals surface area (Å²) in [6.45, 7) is 3.79. The van der Waals surface area contributed by atoms with Crippen LogP contribution >= 0.6 is 0 Å². The molecule has 0 saturated carbocycles. The fraction of sp³-hybridized carbons (Fsp3) is 0.417. The zero-order valence-electron chi connectivity index (χ0n) is 27.8. The summed E-state index contributed by atoms with van der Waals surface area (Å²) < 4.78 is 79.2. The molecule has 14 heteroatoms. The van der Waals surface area contributed by atoms with E-state index in [0.29, 0.717) is 35.6 Å². The van der Waals surface area contributed by atoms with Crippen LogP contribution in [0.1, 0.15) is 31.7 Å². The molecule has 0 radical (unpaired) electrons. The number of fused-ring (bicyclic) bond motifs is 3. The standard InChI is InChI=1S/C36H37F4N5O5/c1-3-24-27(38)6-5-22-13-23(50-20-48-2)14-25(29(22)24)30-28(39)15-26-32(31(30)40)41-34(42-33(26)43-9-11-44(12-10-43)35(46)47)49-19-36-7-4-8-45(36)18-21(16-36)17-37/h5-6,13-15,17H,3-4,7-12,16,18-20H2,1-2H3,(H,46,47)/b21-17-. The lowest BCUT2D eigenvalue weighted by atomic mass is 9.91. The summed E-state index contributed by atoms with van der Waals surface area (Å²) in [4.78, 5) is 25.9. The van der Waals surface area contributed by atoms with Gasteiger partial charge < -0.3 is 29.1 Å². The Kier molecular flexibility index (Phi) is 9.16. The van der Waals surface area contributed by atoms with E-state index in [-0.39, 0.29) is 85.6 Å². The second-order valence-electron chi connectivity index (χ2n) is 13.0. The van der Waals surface area contributed by atoms with E-state index in [4.69, 9.17) is 14.2 Å². The average molecular weight is 696 g/mol. The molecule has 3 aliphatic rings. The Hall–Kier alpha value is -4.69. The zero-order chi connectivity index (χ0) is 35.2. The summed E-state index contributed by atoms with van der Waals surface area (Å²) in [5.41, 5.74) is -0.0650. The summed E-state index contributed by atoms with van der Waals surface area (Å²) >= 11 is 0. The quantitative estimate of drug-likeness (QED) is 0.152. The predicted molar refractivity (Wildman–Crippen MR) is 179 cm³/mol. The van der Waals surface area contributed by atoms with Gasteiger partial charge in [0.1, 0.15) is 35.3 Å². The van der Waals surface area contributed by atoms with Crippen LogP contribution < -0.4 is 14.4 Å². The van der Waals surface area contributed by atoms with E-state index in [9.17, 15) is 14.3 Å². The lowest BCUT2D eigenvalue weighted by Gasteiger charge is -2.34. The monoisotopic (exact) mass is 695 g/mol. The number of benzene rings is 3. The van der Waals surface area contributed by atoms with Crippen molar-refractivity contribution in [3.63, 3.8) is 0 Å². The Morgan fingerprint density at radius 2 is 1.84 bits per heavy atom. The number of rotatable bonds is 9. The molecular formula is C36H37F4N5O5. The molecule has 0 bridgehead atoms. The van der Waals surface area contributed by atoms with Gasteiger partial charge >= 0.3 is 12.1 Å². The van der Waals surface area contributed by atoms with E-state index in [1.807, 2.05) is 0 Å². The molecule has 3 fully saturated rings. The lowest BCUT2D eigenvalue weighted by molar-refractivity contribution is 0.0512. The Bertz CT molecular complexity index is 2000. The number of amides is 1. The number of anilines is 1. The first-order valence-electron chi connectivity index (χ1n) is 16.6. The van der Waals surface area contributed by atoms with Gasteiger partial charge in [-0.25, -0.2) is 22.4 Å². The average Bonchev–Trinajstić information content (AvgIpc) is 3.67. The van der Waals surface area contributed by atoms with Crippen LogP contribution in [0.25, 0.3) is 32.8 Å². The van der Waals surface area contributed by atoms with Gasteiger partial charge in [-0.2, -0.15) is 9.97 Å². The van der Waals surface area contributed by atoms with Crippen LogP contribution in [-0.4, -0.2) is 96.3 Å². The van der Waals surface area contributed by atoms with Gasteiger partial charge in [0, 0.05) is 45.2 Å². The second-order valence-corrected chi connectivity index (χ2v) is 13.0. The first-order chi connectivity index (χ1) is 24.2. The number of carbonyl (C=O) groups is 1. The molecule has 264 valence electrons. The van der Waals surface area contributed by atoms with Crippen molar-refractivity contribution in [2.75, 3.05) is 64.7 Å². The summed E-state index contributed by atoms with van der Waals surface area (Å²) in [6.07, 6.45) is 2.01. The molecule has 50 heavy (non-hydrogen) atoms. The molecule has 1 aromatic heterocycles. The van der Waals surface area contributed by atoms with Crippen LogP contribution in [0.15, 0.2) is 42.2 Å². The van der Waals surface area contributed by atoms with Crippen LogP contribution in [0.4, 0.5) is 28.2 Å². The van der Waals surface area contributed by atoms with E-state index in [2.05, 4.69) is 14.9 Å². The van der Waals surface area contributed by atoms with Gasteiger partial charge in [-0.1, -0.05) is 13.0 Å². The number of aryl methyl sites for hydroxylation is 1. The SMILES string of the molecule is CCc1c(F)ccc2cc(OCOC)cc(-c3c(F)cc4c(N5CCN(C(=O)O)CC5)nc(OCC56CCCN5C/C(=C\F)C6)nc4c3F)c12. The minimum Gasteiger partial charge on any atom is -0.468 e. The van der Waals surface area contributed by atoms with Crippen LogP contribution in [0.2, 0.25) is 0 Å². The largest absolute Gasteiger partial charge is 0.468 e. The highest BCUT2D eigenvalue weighted by Crippen LogP contribution is 2.44. The molecule has 1 N–H and O–H groups in total. The van der Waals surface area contributed by atoms with Crippen molar-refractivity contribution in [3.05, 3.63) is 65.2 Å². The van der Waals surface area contributed by atoms with Crippen LogP contribution in [0, 0.1) is 17.5 Å². The van der Waals surface area contributed by atoms with Crippen LogP contribution in [0.5, 0.6) is 11.8 Å². The van der Waals surface area contributed by atoms with Crippen molar-refractivity contribution in [3.8, 4) is 22.9 Å². The van der Waals surface area contributed by atoms with Gasteiger partial charge in [0.2, 0.25) is 0 Å². The van der Waals surface area contributed by atoms with Gasteiger partial charge in [0.15, 0.2) is 12.6 Å². The molecule has 4 heterocycles. The summed E-state index contributed by atoms with van der Waals surface area (Å²) in [6, 6.07) is 6.97. The molecule has 1 unspecified atom stereocenters. The highest BCUT2D eigenvalue weighted by molar-refractivity contribution is 6.03. The third-order valence-corrected chi connectivity index (χ3v) is 10.1. The maximum Gasteiger partial charge on any atom is 0.407 e. The van der Waals surface area contributed by atoms with Crippen LogP contribution in [-0.2, 0) is 11.2 Å². The molecule has 4 aromatic rings. The Morgan fingerprint density at radius 3 is 2.56 bits per heavy atom. The first-order valence-corrected chi connectivity index (χ1v) is 16.6. The van der Waals surface area contributed by atoms with Gasteiger partial charge in [-0.05, 0) is 84.0 Å². The maximum atomic E-state index is 17.1. The lowest BCUT2D eigenvalue weighted by Crippen LogP contribution is -2.48. The van der Waals surface area contributed by atoms with Crippen LogP contribution in [0.3, 0.4) is 0 Å². The first kappa shape index (κ1) is 33.8. The molecule has 10 nitrogen and oxygen atoms in total. The number of nitrogens with zero attached hydrogens (tertiary/aromatic N) is 5. The number of hydrogen-bond acceptors (Lipinski definition) is 8. The van der Waals surface area contributed by atoms with Crippen molar-refractivity contribution in [1.82, 2.24) is 19.8 Å². The number of methoxy groups -OCH3 is 1. The summed E-state index contributed by atoms with van der Waals surface area (Å²) in [5.74, 6) is -1.97. The number of piperazine rings is 1. The summed E-state index contributed by atoms with van der Waals surface area (Å²) in [5, 5.41) is 10.4. The minimum absolute atomic E-state index is 0.0713. The topological polar surface area (TPSA) is 100 Å². The van der Waals surface area contributed by atoms with Gasteiger partial charge in [0.25, 0.3) is 0 Å². The number of aromatic nitrogens is 2. The van der Waals surface area contributed by atoms with E-state index >= 15 is 13.2 Å². The van der Waals surface area contributed by atoms with Crippen molar-refractivity contribution in [1.29, 1.82) is 0 Å². The highest BCUT2D eigenvalue weighted by atomic mass is 19.1. The van der Waals surface area contributed by atoms with Gasteiger partial charge in [-0.15, -0.1) is 0 Å². The van der Waals surface area contributed by atoms with Crippen molar-refractivity contribution in [2.45, 2.75) is 38.1 Å². The number of carboxylic acid groups (broad SMARTS) is 1. The van der Waals surface area contributed by atoms with E-state index in [0.717, 1.165) is 25.5 Å². The third-order valence-electron chi connectivity index (χ3n) is 10.1. The molecule has 7 rings (SSSR count). The minimum atomic E-state index is -1.06. The Balaban J connectivity index is 1.39. The molecule has 3 aliphatic heterocycles. The van der Waals surface area contributed by atoms with Crippen molar-refractivity contribution >= 4 is 33.6 Å². The molecule has 0 spiro atoms. The van der Waals surface area contributed by atoms with E-state index < -0.39 is 34.6 Å². The normalized spacial score (nSPS) is 20.3. The van der Waals surface area contributed by atoms with Crippen molar-refractivity contribution < 1.29 is 41.7 Å². The van der Waals surface area contributed by atoms with Crippen molar-refractivity contribution in [2.24, 2.45) is 0 Å². The maximum absolute atomic E-state index is 17.1. The fourth-order valence-electron chi connectivity index (χ4n) is 7.71. The molecule has 3 aromatic carbocycles. The van der Waals surface area contributed by atoms with E-state index in [1.165, 1.54) is 30.2 Å². The highest BCUT2D eigenvalue weighted by Gasteiger charge is 2.47. The fourth-order valence-corrected chi connectivity index (χ4v) is 7.71. The molecule has 1 amide bonds. The molecular weight excluding hydrogens is 658 g/mol. The summed E-state index contributed by atoms with van der Waals surface area (Å²) in [7, 11) is 1.45. The second kappa shape index (κ2) is 13.6. The molecule has 0 aliphatic carbocycles. The number of halogens is 4. The number of hydrogen-bond donors (Lipinski definition) is 1. The molecule has 3 saturated heterocycles. The zero-order valence-corrected chi connectivity index (χ0v) is 27.8. The molecule has 1 atom stereocenters. The predicted octanol–water partition coefficient (Wildman–Crippen LogP) is 6.68. The number of ether oxygens (including phenoxy) is 3. The van der Waals surface area contributed by atoms with Gasteiger partial charge in [-0.3, -0.25) is 4.90 Å². The van der Waals surface area contributed by atoms with Gasteiger partial charge in [0.05, 0.1) is 17.4 Å². The smallest absolute Gasteiger partial charge is 0.407 e. The third kappa shape index (κ3) is 5.93. The Labute approximate surface area is 285 Å². The van der Waals surface area contributed by atoms with E-state index in [1.54, 1.807) is 17.9 Å².